The van der Waals surface area contributed by atoms with E-state index in [0.29, 0.717) is 12.8 Å². The third kappa shape index (κ3) is 2.69. The summed E-state index contributed by atoms with van der Waals surface area (Å²) in [5, 5.41) is 0. The maximum atomic E-state index is 12.6. The van der Waals surface area contributed by atoms with Crippen LogP contribution in [0.4, 0.5) is 0 Å². The van der Waals surface area contributed by atoms with Crippen LogP contribution < -0.4 is 5.73 Å². The van der Waals surface area contributed by atoms with Crippen LogP contribution in [0.25, 0.3) is 11.1 Å². The Labute approximate surface area is 152 Å². The van der Waals surface area contributed by atoms with Crippen LogP contribution in [0, 0.1) is 0 Å². The molecule has 0 saturated heterocycles. The van der Waals surface area contributed by atoms with E-state index in [2.05, 4.69) is 24.3 Å². The van der Waals surface area contributed by atoms with Gasteiger partial charge in [0.1, 0.15) is 6.61 Å². The van der Waals surface area contributed by atoms with Crippen molar-refractivity contribution >= 4 is 11.9 Å². The molecule has 26 heavy (non-hydrogen) atoms. The van der Waals surface area contributed by atoms with E-state index >= 15 is 0 Å². The van der Waals surface area contributed by atoms with Gasteiger partial charge < -0.3 is 15.2 Å². The molecular weight excluding hydrogens is 330 g/mol. The van der Waals surface area contributed by atoms with Gasteiger partial charge in [0.2, 0.25) is 5.60 Å². The average Bonchev–Trinajstić information content (AvgIpc) is 2.96. The molecule has 5 heteroatoms. The van der Waals surface area contributed by atoms with E-state index in [4.69, 9.17) is 15.2 Å². The number of carbonyl (C=O) groups is 2. The summed E-state index contributed by atoms with van der Waals surface area (Å²) in [7, 11) is 0. The SMILES string of the molecule is NCC(=O)OC1(C(=O)OCC2c3ccccc3-c3ccccc32)CCC1. The molecule has 1 fully saturated rings. The smallest absolute Gasteiger partial charge is 0.350 e. The fraction of sp³-hybridized carbons (Fsp3) is 0.333. The van der Waals surface area contributed by atoms with Crippen LogP contribution in [-0.2, 0) is 19.1 Å². The Morgan fingerprint density at radius 3 is 2.08 bits per heavy atom. The van der Waals surface area contributed by atoms with Crippen molar-refractivity contribution in [2.24, 2.45) is 5.73 Å². The van der Waals surface area contributed by atoms with E-state index in [1.54, 1.807) is 0 Å². The van der Waals surface area contributed by atoms with Crippen molar-refractivity contribution in [1.82, 2.24) is 0 Å². The molecular formula is C21H21NO4. The second kappa shape index (κ2) is 6.57. The Hall–Kier alpha value is -2.66. The molecule has 1 saturated carbocycles. The van der Waals surface area contributed by atoms with Crippen LogP contribution in [0.1, 0.15) is 36.3 Å². The summed E-state index contributed by atoms with van der Waals surface area (Å²) in [5.41, 5.74) is 8.83. The van der Waals surface area contributed by atoms with Crippen LogP contribution in [0.2, 0.25) is 0 Å². The zero-order chi connectivity index (χ0) is 18.1. The molecule has 2 aromatic rings. The quantitative estimate of drug-likeness (QED) is 0.838. The fourth-order valence-corrected chi connectivity index (χ4v) is 3.84. The minimum Gasteiger partial charge on any atom is -0.462 e. The first-order valence-corrected chi connectivity index (χ1v) is 8.92. The molecule has 0 radical (unpaired) electrons. The highest BCUT2D eigenvalue weighted by atomic mass is 16.6. The lowest BCUT2D eigenvalue weighted by atomic mass is 9.80. The summed E-state index contributed by atoms with van der Waals surface area (Å²) < 4.78 is 10.9. The third-order valence-corrected chi connectivity index (χ3v) is 5.35. The van der Waals surface area contributed by atoms with Crippen molar-refractivity contribution in [3.05, 3.63) is 59.7 Å². The van der Waals surface area contributed by atoms with Gasteiger partial charge in [0.05, 0.1) is 6.54 Å². The molecule has 0 heterocycles. The van der Waals surface area contributed by atoms with Gasteiger partial charge in [-0.05, 0) is 41.5 Å². The van der Waals surface area contributed by atoms with Gasteiger partial charge in [0.15, 0.2) is 0 Å². The minimum atomic E-state index is -1.14. The first kappa shape index (κ1) is 16.8. The number of rotatable bonds is 5. The Morgan fingerprint density at radius 1 is 1.00 bits per heavy atom. The molecule has 2 aliphatic carbocycles. The molecule has 134 valence electrons. The molecule has 0 aliphatic heterocycles. The maximum absolute atomic E-state index is 12.6. The van der Waals surface area contributed by atoms with Gasteiger partial charge >= 0.3 is 11.9 Å². The van der Waals surface area contributed by atoms with Crippen LogP contribution in [-0.4, -0.2) is 30.7 Å². The molecule has 0 amide bonds. The van der Waals surface area contributed by atoms with E-state index in [-0.39, 0.29) is 19.1 Å². The highest BCUT2D eigenvalue weighted by Gasteiger charge is 2.49. The lowest BCUT2D eigenvalue weighted by Crippen LogP contribution is -2.51. The van der Waals surface area contributed by atoms with Crippen molar-refractivity contribution in [2.75, 3.05) is 13.2 Å². The minimum absolute atomic E-state index is 0.00585. The van der Waals surface area contributed by atoms with Gasteiger partial charge in [0, 0.05) is 5.92 Å². The number of esters is 2. The van der Waals surface area contributed by atoms with Gasteiger partial charge in [-0.2, -0.15) is 0 Å². The Morgan fingerprint density at radius 2 is 1.58 bits per heavy atom. The predicted octanol–water partition coefficient (Wildman–Crippen LogP) is 2.77. The summed E-state index contributed by atoms with van der Waals surface area (Å²) >= 11 is 0. The standard InChI is InChI=1S/C21H21NO4/c22-12-19(23)26-21(10-5-11-21)20(24)25-13-18-16-8-3-1-6-14(16)15-7-2-4-9-17(15)18/h1-4,6-9,18H,5,10-13,22H2. The van der Waals surface area contributed by atoms with Crippen molar-refractivity contribution in [3.63, 3.8) is 0 Å². The first-order valence-electron chi connectivity index (χ1n) is 8.92. The summed E-state index contributed by atoms with van der Waals surface area (Å²) in [4.78, 5) is 24.2. The van der Waals surface area contributed by atoms with Gasteiger partial charge in [-0.3, -0.25) is 4.79 Å². The number of ether oxygens (including phenoxy) is 2. The predicted molar refractivity (Wildman–Crippen MR) is 96.4 cm³/mol. The third-order valence-electron chi connectivity index (χ3n) is 5.35. The fourth-order valence-electron chi connectivity index (χ4n) is 3.84. The molecule has 4 rings (SSSR count). The average molecular weight is 351 g/mol. The van der Waals surface area contributed by atoms with Gasteiger partial charge in [-0.15, -0.1) is 0 Å². The molecule has 2 aliphatic rings. The number of fused-ring (bicyclic) bond motifs is 3. The highest BCUT2D eigenvalue weighted by molar-refractivity contribution is 5.85. The van der Waals surface area contributed by atoms with Crippen LogP contribution in [0.15, 0.2) is 48.5 Å². The highest BCUT2D eigenvalue weighted by Crippen LogP contribution is 2.45. The van der Waals surface area contributed by atoms with Crippen LogP contribution in [0.3, 0.4) is 0 Å². The number of hydrogen-bond donors (Lipinski definition) is 1. The van der Waals surface area contributed by atoms with E-state index in [9.17, 15) is 9.59 Å². The van der Waals surface area contributed by atoms with Crippen molar-refractivity contribution in [1.29, 1.82) is 0 Å². The molecule has 0 unspecified atom stereocenters. The van der Waals surface area contributed by atoms with Crippen molar-refractivity contribution in [3.8, 4) is 11.1 Å². The zero-order valence-electron chi connectivity index (χ0n) is 14.4. The first-order chi connectivity index (χ1) is 12.6. The summed E-state index contributed by atoms with van der Waals surface area (Å²) in [6, 6.07) is 16.3. The summed E-state index contributed by atoms with van der Waals surface area (Å²) in [6.45, 7) is -0.00675. The van der Waals surface area contributed by atoms with Crippen molar-refractivity contribution < 1.29 is 19.1 Å². The van der Waals surface area contributed by atoms with Gasteiger partial charge in [0.25, 0.3) is 0 Å². The van der Waals surface area contributed by atoms with Gasteiger partial charge in [-0.1, -0.05) is 48.5 Å². The lowest BCUT2D eigenvalue weighted by molar-refractivity contribution is -0.192. The topological polar surface area (TPSA) is 78.6 Å². The molecule has 2 aromatic carbocycles. The van der Waals surface area contributed by atoms with E-state index in [0.717, 1.165) is 17.5 Å². The zero-order valence-corrected chi connectivity index (χ0v) is 14.4. The lowest BCUT2D eigenvalue weighted by Gasteiger charge is -2.38. The largest absolute Gasteiger partial charge is 0.462 e. The Bertz CT molecular complexity index is 811. The number of nitrogens with two attached hydrogens (primary N) is 1. The maximum Gasteiger partial charge on any atom is 0.350 e. The number of carbonyl (C=O) groups excluding carboxylic acids is 2. The Kier molecular flexibility index (Phi) is 4.24. The Balaban J connectivity index is 1.53. The van der Waals surface area contributed by atoms with E-state index < -0.39 is 17.5 Å². The number of hydrogen-bond acceptors (Lipinski definition) is 5. The summed E-state index contributed by atoms with van der Waals surface area (Å²) in [6.07, 6.45) is 1.83. The van der Waals surface area contributed by atoms with E-state index in [1.807, 2.05) is 24.3 Å². The molecule has 0 atom stereocenters. The second-order valence-corrected chi connectivity index (χ2v) is 6.85. The summed E-state index contributed by atoms with van der Waals surface area (Å²) in [5.74, 6) is -1.04. The molecule has 0 spiro atoms. The molecule has 0 aromatic heterocycles. The van der Waals surface area contributed by atoms with Crippen molar-refractivity contribution in [2.45, 2.75) is 30.8 Å². The van der Waals surface area contributed by atoms with Crippen LogP contribution >= 0.6 is 0 Å². The van der Waals surface area contributed by atoms with Gasteiger partial charge in [-0.25, -0.2) is 4.79 Å². The van der Waals surface area contributed by atoms with Crippen LogP contribution in [0.5, 0.6) is 0 Å². The second-order valence-electron chi connectivity index (χ2n) is 6.85. The number of benzene rings is 2. The molecule has 0 bridgehead atoms. The molecule has 2 N–H and O–H groups in total. The monoisotopic (exact) mass is 351 g/mol. The molecule has 5 nitrogen and oxygen atoms in total. The normalized spacial score (nSPS) is 17.0. The van der Waals surface area contributed by atoms with E-state index in [1.165, 1.54) is 11.1 Å².